The number of likely N-dealkylation sites (N-methyl/N-ethyl adjacent to an activating group) is 1. The standard InChI is InChI=1S/C15H29F3N2O/c1-5-20-8-11(7-13(21)14(2,3)4)6-12(9-20)19-10-15(16,17)18/h11-13,19,21H,5-10H2,1-4H3. The van der Waals surface area contributed by atoms with Crippen molar-refractivity contribution in [1.29, 1.82) is 0 Å². The molecule has 0 aromatic carbocycles. The van der Waals surface area contributed by atoms with E-state index in [-0.39, 0.29) is 17.4 Å². The van der Waals surface area contributed by atoms with Crippen molar-refractivity contribution in [2.75, 3.05) is 26.2 Å². The highest BCUT2D eigenvalue weighted by molar-refractivity contribution is 4.86. The molecule has 126 valence electrons. The topological polar surface area (TPSA) is 35.5 Å². The molecule has 1 heterocycles. The second kappa shape index (κ2) is 7.29. The Balaban J connectivity index is 2.56. The van der Waals surface area contributed by atoms with Gasteiger partial charge in [0.15, 0.2) is 0 Å². The van der Waals surface area contributed by atoms with Crippen molar-refractivity contribution < 1.29 is 18.3 Å². The Kier molecular flexibility index (Phi) is 6.50. The summed E-state index contributed by atoms with van der Waals surface area (Å²) in [5.41, 5.74) is -0.191. The first-order valence-corrected chi connectivity index (χ1v) is 7.71. The lowest BCUT2D eigenvalue weighted by Gasteiger charge is -2.40. The van der Waals surface area contributed by atoms with Crippen LogP contribution < -0.4 is 5.32 Å². The fraction of sp³-hybridized carbons (Fsp3) is 1.00. The molecule has 1 fully saturated rings. The maximum Gasteiger partial charge on any atom is 0.401 e. The van der Waals surface area contributed by atoms with Gasteiger partial charge in [-0.3, -0.25) is 0 Å². The fourth-order valence-electron chi connectivity index (χ4n) is 2.81. The maximum atomic E-state index is 12.3. The summed E-state index contributed by atoms with van der Waals surface area (Å²) in [6, 6.07) is -0.155. The average Bonchev–Trinajstić information content (AvgIpc) is 2.34. The van der Waals surface area contributed by atoms with Crippen LogP contribution in [0.1, 0.15) is 40.5 Å². The molecule has 0 spiro atoms. The lowest BCUT2D eigenvalue weighted by molar-refractivity contribution is -0.127. The Morgan fingerprint density at radius 3 is 2.33 bits per heavy atom. The monoisotopic (exact) mass is 310 g/mol. The molecule has 1 aliphatic heterocycles. The maximum absolute atomic E-state index is 12.3. The minimum atomic E-state index is -4.17. The summed E-state index contributed by atoms with van der Waals surface area (Å²) < 4.78 is 37.0. The first kappa shape index (κ1) is 18.7. The molecule has 2 N–H and O–H groups in total. The van der Waals surface area contributed by atoms with Crippen LogP contribution in [-0.4, -0.2) is 54.5 Å². The molecule has 3 atom stereocenters. The van der Waals surface area contributed by atoms with Gasteiger partial charge in [-0.25, -0.2) is 0 Å². The average molecular weight is 310 g/mol. The molecule has 6 heteroatoms. The Morgan fingerprint density at radius 1 is 1.24 bits per heavy atom. The normalized spacial score (nSPS) is 26.9. The van der Waals surface area contributed by atoms with Crippen molar-refractivity contribution in [3.63, 3.8) is 0 Å². The second-order valence-electron chi connectivity index (χ2n) is 7.26. The molecule has 0 bridgehead atoms. The Hall–Kier alpha value is -0.330. The van der Waals surface area contributed by atoms with Gasteiger partial charge in [0, 0.05) is 19.1 Å². The number of nitrogens with one attached hydrogen (secondary N) is 1. The highest BCUT2D eigenvalue weighted by Crippen LogP contribution is 2.29. The Labute approximate surface area is 125 Å². The van der Waals surface area contributed by atoms with E-state index < -0.39 is 18.8 Å². The van der Waals surface area contributed by atoms with Gasteiger partial charge in [0.05, 0.1) is 12.6 Å². The number of hydrogen-bond donors (Lipinski definition) is 2. The van der Waals surface area contributed by atoms with E-state index in [1.807, 2.05) is 27.7 Å². The number of likely N-dealkylation sites (tertiary alicyclic amines) is 1. The minimum Gasteiger partial charge on any atom is -0.393 e. The molecule has 0 radical (unpaired) electrons. The third-order valence-electron chi connectivity index (χ3n) is 4.21. The number of rotatable bonds is 5. The summed E-state index contributed by atoms with van der Waals surface area (Å²) in [6.45, 7) is 9.36. The molecule has 0 aromatic heterocycles. The number of hydrogen-bond acceptors (Lipinski definition) is 3. The first-order chi connectivity index (χ1) is 9.51. The van der Waals surface area contributed by atoms with Crippen LogP contribution in [0.3, 0.4) is 0 Å². The van der Waals surface area contributed by atoms with E-state index in [2.05, 4.69) is 10.2 Å². The van der Waals surface area contributed by atoms with Gasteiger partial charge in [-0.1, -0.05) is 27.7 Å². The molecule has 1 rings (SSSR count). The third kappa shape index (κ3) is 6.98. The van der Waals surface area contributed by atoms with Gasteiger partial charge >= 0.3 is 6.18 Å². The summed E-state index contributed by atoms with van der Waals surface area (Å²) in [5, 5.41) is 12.8. The number of halogens is 3. The molecule has 3 nitrogen and oxygen atoms in total. The van der Waals surface area contributed by atoms with Crippen molar-refractivity contribution in [3.05, 3.63) is 0 Å². The number of piperidine rings is 1. The largest absolute Gasteiger partial charge is 0.401 e. The lowest BCUT2D eigenvalue weighted by atomic mass is 9.80. The van der Waals surface area contributed by atoms with Crippen molar-refractivity contribution in [2.45, 2.75) is 58.9 Å². The van der Waals surface area contributed by atoms with Gasteiger partial charge in [-0.2, -0.15) is 13.2 Å². The quantitative estimate of drug-likeness (QED) is 0.819. The van der Waals surface area contributed by atoms with Gasteiger partial charge in [-0.15, -0.1) is 0 Å². The Morgan fingerprint density at radius 2 is 1.86 bits per heavy atom. The fourth-order valence-corrected chi connectivity index (χ4v) is 2.81. The van der Waals surface area contributed by atoms with Crippen molar-refractivity contribution in [2.24, 2.45) is 11.3 Å². The van der Waals surface area contributed by atoms with Gasteiger partial charge in [0.1, 0.15) is 0 Å². The summed E-state index contributed by atoms with van der Waals surface area (Å²) in [6.07, 6.45) is -3.26. The third-order valence-corrected chi connectivity index (χ3v) is 4.21. The van der Waals surface area contributed by atoms with Gasteiger partial charge < -0.3 is 15.3 Å². The molecule has 0 saturated carbocycles. The first-order valence-electron chi connectivity index (χ1n) is 7.71. The van der Waals surface area contributed by atoms with Crippen LogP contribution >= 0.6 is 0 Å². The van der Waals surface area contributed by atoms with E-state index in [0.29, 0.717) is 19.4 Å². The van der Waals surface area contributed by atoms with Gasteiger partial charge in [0.25, 0.3) is 0 Å². The number of nitrogens with zero attached hydrogens (tertiary/aromatic N) is 1. The highest BCUT2D eigenvalue weighted by Gasteiger charge is 2.33. The van der Waals surface area contributed by atoms with Crippen LogP contribution in [0.2, 0.25) is 0 Å². The van der Waals surface area contributed by atoms with E-state index in [9.17, 15) is 18.3 Å². The minimum absolute atomic E-state index is 0.155. The van der Waals surface area contributed by atoms with E-state index in [0.717, 1.165) is 13.1 Å². The summed E-state index contributed by atoms with van der Waals surface area (Å²) in [4.78, 5) is 2.16. The van der Waals surface area contributed by atoms with E-state index >= 15 is 0 Å². The Bertz CT molecular complexity index is 315. The molecule has 0 amide bonds. The number of aliphatic hydroxyl groups excluding tert-OH is 1. The zero-order chi connectivity index (χ0) is 16.3. The molecule has 1 aliphatic rings. The van der Waals surface area contributed by atoms with E-state index in [1.165, 1.54) is 0 Å². The zero-order valence-electron chi connectivity index (χ0n) is 13.5. The van der Waals surface area contributed by atoms with Crippen LogP contribution in [0.4, 0.5) is 13.2 Å². The second-order valence-corrected chi connectivity index (χ2v) is 7.26. The summed E-state index contributed by atoms with van der Waals surface area (Å²) in [7, 11) is 0. The SMILES string of the molecule is CCN1CC(CC(O)C(C)(C)C)CC(NCC(F)(F)F)C1. The number of alkyl halides is 3. The number of aliphatic hydroxyl groups is 1. The smallest absolute Gasteiger partial charge is 0.393 e. The summed E-state index contributed by atoms with van der Waals surface area (Å²) in [5.74, 6) is 0.235. The van der Waals surface area contributed by atoms with Gasteiger partial charge in [-0.05, 0) is 30.7 Å². The van der Waals surface area contributed by atoms with Gasteiger partial charge in [0.2, 0.25) is 0 Å². The molecule has 3 unspecified atom stereocenters. The molecular weight excluding hydrogens is 281 g/mol. The van der Waals surface area contributed by atoms with Crippen molar-refractivity contribution in [3.8, 4) is 0 Å². The van der Waals surface area contributed by atoms with Crippen LogP contribution in [0.5, 0.6) is 0 Å². The van der Waals surface area contributed by atoms with Crippen molar-refractivity contribution in [1.82, 2.24) is 10.2 Å². The van der Waals surface area contributed by atoms with Crippen LogP contribution in [-0.2, 0) is 0 Å². The highest BCUT2D eigenvalue weighted by atomic mass is 19.4. The molecule has 0 aliphatic carbocycles. The molecular formula is C15H29F3N2O. The lowest BCUT2D eigenvalue weighted by Crippen LogP contribution is -2.51. The van der Waals surface area contributed by atoms with Crippen LogP contribution in [0.15, 0.2) is 0 Å². The van der Waals surface area contributed by atoms with E-state index in [1.54, 1.807) is 0 Å². The predicted octanol–water partition coefficient (Wildman–Crippen LogP) is 2.65. The zero-order valence-corrected chi connectivity index (χ0v) is 13.5. The van der Waals surface area contributed by atoms with Crippen LogP contribution in [0.25, 0.3) is 0 Å². The van der Waals surface area contributed by atoms with E-state index in [4.69, 9.17) is 0 Å². The van der Waals surface area contributed by atoms with Crippen molar-refractivity contribution >= 4 is 0 Å². The van der Waals surface area contributed by atoms with Crippen LogP contribution in [0, 0.1) is 11.3 Å². The molecule has 21 heavy (non-hydrogen) atoms. The molecule has 0 aromatic rings. The molecule has 1 saturated heterocycles. The predicted molar refractivity (Wildman–Crippen MR) is 78.1 cm³/mol. The summed E-state index contributed by atoms with van der Waals surface area (Å²) >= 11 is 0.